The second-order valence-corrected chi connectivity index (χ2v) is 6.78. The molecule has 0 saturated carbocycles. The van der Waals surface area contributed by atoms with E-state index in [4.69, 9.17) is 28.2 Å². The van der Waals surface area contributed by atoms with Gasteiger partial charge >= 0.3 is 0 Å². The number of hydrogen-bond acceptors (Lipinski definition) is 2. The lowest BCUT2D eigenvalue weighted by Gasteiger charge is -2.22. The molecule has 0 fully saturated rings. The second kappa shape index (κ2) is 11.7. The molecule has 0 bridgehead atoms. The van der Waals surface area contributed by atoms with Gasteiger partial charge in [-0.15, -0.1) is 24.0 Å². The van der Waals surface area contributed by atoms with Crippen molar-refractivity contribution in [1.29, 1.82) is 0 Å². The van der Waals surface area contributed by atoms with Gasteiger partial charge in [0.05, 0.1) is 16.2 Å². The molecular formula is C18H26Cl2IN5. The van der Waals surface area contributed by atoms with Crippen molar-refractivity contribution in [3.05, 3.63) is 51.8 Å². The van der Waals surface area contributed by atoms with Gasteiger partial charge < -0.3 is 10.2 Å². The first-order valence-electron chi connectivity index (χ1n) is 8.40. The molecule has 2 aromatic rings. The van der Waals surface area contributed by atoms with E-state index in [0.717, 1.165) is 37.5 Å². The zero-order valence-corrected chi connectivity index (χ0v) is 19.2. The Kier molecular flexibility index (Phi) is 10.3. The minimum Gasteiger partial charge on any atom is -0.357 e. The molecule has 144 valence electrons. The van der Waals surface area contributed by atoms with Crippen LogP contribution in [0.2, 0.25) is 10.0 Å². The first-order valence-corrected chi connectivity index (χ1v) is 9.16. The number of aryl methyl sites for hydroxylation is 2. The average Bonchev–Trinajstić information content (AvgIpc) is 2.99. The molecule has 2 rings (SSSR count). The topological polar surface area (TPSA) is 45.5 Å². The molecule has 0 atom stereocenters. The lowest BCUT2D eigenvalue weighted by atomic mass is 10.2. The molecule has 0 unspecified atom stereocenters. The highest BCUT2D eigenvalue weighted by molar-refractivity contribution is 14.0. The van der Waals surface area contributed by atoms with Crippen molar-refractivity contribution in [2.45, 2.75) is 26.3 Å². The maximum atomic E-state index is 6.10. The maximum Gasteiger partial charge on any atom is 0.193 e. The Morgan fingerprint density at radius 3 is 2.65 bits per heavy atom. The summed E-state index contributed by atoms with van der Waals surface area (Å²) in [6.45, 7) is 4.37. The molecule has 1 heterocycles. The molecule has 8 heteroatoms. The Bertz CT molecular complexity index is 717. The predicted molar refractivity (Wildman–Crippen MR) is 121 cm³/mol. The van der Waals surface area contributed by atoms with E-state index in [0.29, 0.717) is 16.6 Å². The van der Waals surface area contributed by atoms with Crippen molar-refractivity contribution in [2.75, 3.05) is 20.1 Å². The van der Waals surface area contributed by atoms with Crippen LogP contribution in [0.15, 0.2) is 35.6 Å². The van der Waals surface area contributed by atoms with Crippen LogP contribution in [0.25, 0.3) is 0 Å². The molecule has 0 radical (unpaired) electrons. The van der Waals surface area contributed by atoms with Crippen molar-refractivity contribution in [2.24, 2.45) is 12.0 Å². The molecule has 0 amide bonds. The Morgan fingerprint density at radius 2 is 2.04 bits per heavy atom. The van der Waals surface area contributed by atoms with Gasteiger partial charge in [-0.2, -0.15) is 5.10 Å². The van der Waals surface area contributed by atoms with E-state index in [9.17, 15) is 0 Å². The van der Waals surface area contributed by atoms with E-state index in [1.807, 2.05) is 49.4 Å². The Hall–Kier alpha value is -0.990. The molecule has 0 saturated heterocycles. The third kappa shape index (κ3) is 7.32. The summed E-state index contributed by atoms with van der Waals surface area (Å²) in [7, 11) is 3.95. The third-order valence-corrected chi connectivity index (χ3v) is 4.48. The molecule has 0 aliphatic rings. The zero-order chi connectivity index (χ0) is 18.2. The van der Waals surface area contributed by atoms with Crippen molar-refractivity contribution < 1.29 is 0 Å². The summed E-state index contributed by atoms with van der Waals surface area (Å²) < 4.78 is 1.83. The number of aliphatic imine (C=N–C) groups is 1. The van der Waals surface area contributed by atoms with E-state index >= 15 is 0 Å². The Morgan fingerprint density at radius 1 is 1.27 bits per heavy atom. The number of nitrogens with one attached hydrogen (secondary N) is 1. The summed E-state index contributed by atoms with van der Waals surface area (Å²) in [5, 5.41) is 8.67. The first-order chi connectivity index (χ1) is 12.0. The predicted octanol–water partition coefficient (Wildman–Crippen LogP) is 4.38. The Labute approximate surface area is 182 Å². The van der Waals surface area contributed by atoms with Crippen LogP contribution in [-0.4, -0.2) is 40.8 Å². The highest BCUT2D eigenvalue weighted by Gasteiger charge is 2.08. The van der Waals surface area contributed by atoms with Gasteiger partial charge in [-0.25, -0.2) is 0 Å². The summed E-state index contributed by atoms with van der Waals surface area (Å²) in [6.07, 6.45) is 5.92. The minimum absolute atomic E-state index is 0. The highest BCUT2D eigenvalue weighted by atomic mass is 127. The van der Waals surface area contributed by atoms with Crippen molar-refractivity contribution in [3.63, 3.8) is 0 Å². The van der Waals surface area contributed by atoms with E-state index < -0.39 is 0 Å². The molecule has 0 aliphatic heterocycles. The van der Waals surface area contributed by atoms with E-state index in [1.54, 1.807) is 0 Å². The molecule has 1 aromatic carbocycles. The number of halogens is 3. The number of nitrogens with zero attached hydrogens (tertiary/aromatic N) is 4. The number of benzene rings is 1. The quantitative estimate of drug-likeness (QED) is 0.261. The van der Waals surface area contributed by atoms with Gasteiger partial charge in [0.2, 0.25) is 0 Å². The average molecular weight is 510 g/mol. The van der Waals surface area contributed by atoms with Crippen LogP contribution in [0.1, 0.15) is 24.5 Å². The minimum atomic E-state index is 0. The van der Waals surface area contributed by atoms with Crippen molar-refractivity contribution >= 4 is 53.1 Å². The second-order valence-electron chi connectivity index (χ2n) is 5.97. The number of rotatable bonds is 7. The fourth-order valence-corrected chi connectivity index (χ4v) is 2.85. The Balaban J connectivity index is 0.00000338. The van der Waals surface area contributed by atoms with Crippen LogP contribution in [0.3, 0.4) is 0 Å². The monoisotopic (exact) mass is 509 g/mol. The van der Waals surface area contributed by atoms with Crippen LogP contribution in [0.4, 0.5) is 0 Å². The fraction of sp³-hybridized carbons (Fsp3) is 0.444. The van der Waals surface area contributed by atoms with Gasteiger partial charge in [-0.3, -0.25) is 9.67 Å². The summed E-state index contributed by atoms with van der Waals surface area (Å²) in [6, 6.07) is 5.70. The summed E-state index contributed by atoms with van der Waals surface area (Å²) in [5.74, 6) is 0.889. The van der Waals surface area contributed by atoms with E-state index in [1.165, 1.54) is 5.56 Å². The maximum absolute atomic E-state index is 6.10. The van der Waals surface area contributed by atoms with Crippen LogP contribution < -0.4 is 5.32 Å². The van der Waals surface area contributed by atoms with Gasteiger partial charge in [0.25, 0.3) is 0 Å². The normalized spacial score (nSPS) is 11.2. The summed E-state index contributed by atoms with van der Waals surface area (Å²) in [4.78, 5) is 6.81. The standard InChI is InChI=1S/C18H25Cl2N5.HI/c1-4-21-18(22-9-5-6-15-11-23-25(3)13-15)24(2)12-14-7-8-16(19)17(20)10-14;/h7-8,10-11,13H,4-6,9,12H2,1-3H3,(H,21,22);1H. The molecule has 5 nitrogen and oxygen atoms in total. The molecule has 0 spiro atoms. The third-order valence-electron chi connectivity index (χ3n) is 3.74. The molecule has 26 heavy (non-hydrogen) atoms. The van der Waals surface area contributed by atoms with E-state index in [2.05, 4.69) is 22.2 Å². The van der Waals surface area contributed by atoms with Crippen LogP contribution in [-0.2, 0) is 20.0 Å². The van der Waals surface area contributed by atoms with Crippen LogP contribution >= 0.6 is 47.2 Å². The van der Waals surface area contributed by atoms with Crippen molar-refractivity contribution in [1.82, 2.24) is 20.0 Å². The van der Waals surface area contributed by atoms with Crippen molar-refractivity contribution in [3.8, 4) is 0 Å². The lowest BCUT2D eigenvalue weighted by Crippen LogP contribution is -2.38. The highest BCUT2D eigenvalue weighted by Crippen LogP contribution is 2.23. The molecule has 1 aromatic heterocycles. The first kappa shape index (κ1) is 23.0. The van der Waals surface area contributed by atoms with Gasteiger partial charge in [-0.05, 0) is 43.0 Å². The molecular weight excluding hydrogens is 484 g/mol. The van der Waals surface area contributed by atoms with Gasteiger partial charge in [0.1, 0.15) is 0 Å². The smallest absolute Gasteiger partial charge is 0.193 e. The lowest BCUT2D eigenvalue weighted by molar-refractivity contribution is 0.476. The zero-order valence-electron chi connectivity index (χ0n) is 15.4. The molecule has 0 aliphatic carbocycles. The number of guanidine groups is 1. The summed E-state index contributed by atoms with van der Waals surface area (Å²) >= 11 is 12.1. The SMILES string of the molecule is CCNC(=NCCCc1cnn(C)c1)N(C)Cc1ccc(Cl)c(Cl)c1.I. The van der Waals surface area contributed by atoms with Crippen LogP contribution in [0, 0.1) is 0 Å². The number of hydrogen-bond donors (Lipinski definition) is 1. The summed E-state index contributed by atoms with van der Waals surface area (Å²) in [5.41, 5.74) is 2.34. The van der Waals surface area contributed by atoms with Crippen LogP contribution in [0.5, 0.6) is 0 Å². The van der Waals surface area contributed by atoms with E-state index in [-0.39, 0.29) is 24.0 Å². The number of aromatic nitrogens is 2. The van der Waals surface area contributed by atoms with Gasteiger partial charge in [0, 0.05) is 39.9 Å². The van der Waals surface area contributed by atoms with Gasteiger partial charge in [-0.1, -0.05) is 29.3 Å². The fourth-order valence-electron chi connectivity index (χ4n) is 2.53. The molecule has 1 N–H and O–H groups in total. The van der Waals surface area contributed by atoms with Gasteiger partial charge in [0.15, 0.2) is 5.96 Å². The largest absolute Gasteiger partial charge is 0.357 e.